The van der Waals surface area contributed by atoms with Crippen molar-refractivity contribution in [3.63, 3.8) is 0 Å². The highest BCUT2D eigenvalue weighted by Crippen LogP contribution is 2.18. The Labute approximate surface area is 90.7 Å². The molecule has 0 aliphatic rings. The van der Waals surface area contributed by atoms with E-state index in [9.17, 15) is 8.42 Å². The van der Waals surface area contributed by atoms with Crippen LogP contribution in [-0.2, 0) is 9.84 Å². The summed E-state index contributed by atoms with van der Waals surface area (Å²) in [5.74, 6) is 0.439. The SMILES string of the molecule is CCC(C)Nc1ncccc1S(C)(=O)=O. The Kier molecular flexibility index (Phi) is 3.68. The molecule has 1 heterocycles. The van der Waals surface area contributed by atoms with Gasteiger partial charge >= 0.3 is 0 Å². The van der Waals surface area contributed by atoms with E-state index >= 15 is 0 Å². The first-order valence-electron chi connectivity index (χ1n) is 4.86. The van der Waals surface area contributed by atoms with Gasteiger partial charge in [0, 0.05) is 18.5 Å². The highest BCUT2D eigenvalue weighted by molar-refractivity contribution is 7.90. The van der Waals surface area contributed by atoms with Gasteiger partial charge in [0.1, 0.15) is 10.7 Å². The van der Waals surface area contributed by atoms with E-state index in [1.165, 1.54) is 6.26 Å². The van der Waals surface area contributed by atoms with Crippen LogP contribution in [0.15, 0.2) is 23.2 Å². The van der Waals surface area contributed by atoms with Gasteiger partial charge in [-0.1, -0.05) is 6.92 Å². The third-order valence-electron chi connectivity index (χ3n) is 2.17. The topological polar surface area (TPSA) is 59.1 Å². The second-order valence-corrected chi connectivity index (χ2v) is 5.56. The minimum atomic E-state index is -3.21. The van der Waals surface area contributed by atoms with E-state index in [4.69, 9.17) is 0 Å². The number of anilines is 1. The van der Waals surface area contributed by atoms with Crippen molar-refractivity contribution in [2.24, 2.45) is 0 Å². The minimum absolute atomic E-state index is 0.209. The quantitative estimate of drug-likeness (QED) is 0.852. The van der Waals surface area contributed by atoms with Crippen LogP contribution in [-0.4, -0.2) is 25.7 Å². The van der Waals surface area contributed by atoms with Crippen LogP contribution in [0.4, 0.5) is 5.82 Å². The van der Waals surface area contributed by atoms with E-state index in [2.05, 4.69) is 10.3 Å². The van der Waals surface area contributed by atoms with Gasteiger partial charge in [0.15, 0.2) is 9.84 Å². The Morgan fingerprint density at radius 1 is 1.53 bits per heavy atom. The molecule has 0 radical (unpaired) electrons. The van der Waals surface area contributed by atoms with Crippen LogP contribution in [0.2, 0.25) is 0 Å². The molecule has 1 rings (SSSR count). The second kappa shape index (κ2) is 4.61. The van der Waals surface area contributed by atoms with E-state index in [0.717, 1.165) is 6.42 Å². The van der Waals surface area contributed by atoms with Crippen LogP contribution in [0.25, 0.3) is 0 Å². The Bertz CT molecular complexity index is 429. The Balaban J connectivity index is 3.08. The lowest BCUT2D eigenvalue weighted by Crippen LogP contribution is -2.17. The van der Waals surface area contributed by atoms with Crippen molar-refractivity contribution in [2.75, 3.05) is 11.6 Å². The molecule has 0 aliphatic carbocycles. The van der Waals surface area contributed by atoms with Gasteiger partial charge in [0.2, 0.25) is 0 Å². The number of aromatic nitrogens is 1. The summed E-state index contributed by atoms with van der Waals surface area (Å²) in [7, 11) is -3.21. The number of rotatable bonds is 4. The van der Waals surface area contributed by atoms with Crippen molar-refractivity contribution in [1.82, 2.24) is 4.98 Å². The summed E-state index contributed by atoms with van der Waals surface area (Å²) in [6.45, 7) is 4.02. The lowest BCUT2D eigenvalue weighted by molar-refractivity contribution is 0.601. The minimum Gasteiger partial charge on any atom is -0.367 e. The van der Waals surface area contributed by atoms with E-state index in [1.807, 2.05) is 13.8 Å². The normalized spacial score (nSPS) is 13.5. The van der Waals surface area contributed by atoms with Gasteiger partial charge in [-0.05, 0) is 25.5 Å². The van der Waals surface area contributed by atoms with Crippen molar-refractivity contribution in [3.05, 3.63) is 18.3 Å². The molecule has 0 aliphatic heterocycles. The predicted molar refractivity (Wildman–Crippen MR) is 60.7 cm³/mol. The van der Waals surface area contributed by atoms with Gasteiger partial charge in [-0.3, -0.25) is 0 Å². The van der Waals surface area contributed by atoms with Gasteiger partial charge in [0.25, 0.3) is 0 Å². The summed E-state index contributed by atoms with van der Waals surface area (Å²) in [5.41, 5.74) is 0. The molecule has 0 saturated carbocycles. The van der Waals surface area contributed by atoms with Crippen LogP contribution in [0.3, 0.4) is 0 Å². The molecule has 0 aromatic carbocycles. The fourth-order valence-corrected chi connectivity index (χ4v) is 1.92. The monoisotopic (exact) mass is 228 g/mol. The fourth-order valence-electron chi connectivity index (χ4n) is 1.13. The van der Waals surface area contributed by atoms with Crippen molar-refractivity contribution in [3.8, 4) is 0 Å². The van der Waals surface area contributed by atoms with Gasteiger partial charge < -0.3 is 5.32 Å². The van der Waals surface area contributed by atoms with Gasteiger partial charge in [0.05, 0.1) is 0 Å². The summed E-state index contributed by atoms with van der Waals surface area (Å²) in [6.07, 6.45) is 3.69. The maximum Gasteiger partial charge on any atom is 0.179 e. The van der Waals surface area contributed by atoms with Crippen LogP contribution in [0, 0.1) is 0 Å². The first-order chi connectivity index (χ1) is 6.95. The Hall–Kier alpha value is -1.10. The standard InChI is InChI=1S/C10H16N2O2S/c1-4-8(2)12-10-9(15(3,13)14)6-5-7-11-10/h5-8H,4H2,1-3H3,(H,11,12). The molecule has 0 spiro atoms. The maximum atomic E-state index is 11.4. The number of nitrogens with one attached hydrogen (secondary N) is 1. The van der Waals surface area contributed by atoms with Crippen molar-refractivity contribution >= 4 is 15.7 Å². The third kappa shape index (κ3) is 3.20. The number of hydrogen-bond acceptors (Lipinski definition) is 4. The van der Waals surface area contributed by atoms with Gasteiger partial charge in [-0.2, -0.15) is 0 Å². The van der Waals surface area contributed by atoms with Crippen molar-refractivity contribution in [2.45, 2.75) is 31.2 Å². The summed E-state index contributed by atoms with van der Waals surface area (Å²) in [6, 6.07) is 3.39. The molecule has 1 unspecified atom stereocenters. The number of pyridine rings is 1. The van der Waals surface area contributed by atoms with Crippen molar-refractivity contribution < 1.29 is 8.42 Å². The predicted octanol–water partition coefficient (Wildman–Crippen LogP) is 1.70. The number of nitrogens with zero attached hydrogens (tertiary/aromatic N) is 1. The molecule has 0 amide bonds. The molecular formula is C10H16N2O2S. The lowest BCUT2D eigenvalue weighted by atomic mass is 10.2. The molecule has 84 valence electrons. The molecule has 0 fully saturated rings. The van der Waals surface area contributed by atoms with Gasteiger partial charge in [-0.15, -0.1) is 0 Å². The maximum absolute atomic E-state index is 11.4. The second-order valence-electron chi connectivity index (χ2n) is 3.58. The molecule has 1 aromatic rings. The zero-order valence-electron chi connectivity index (χ0n) is 9.19. The molecule has 5 heteroatoms. The van der Waals surface area contributed by atoms with Gasteiger partial charge in [-0.25, -0.2) is 13.4 Å². The first kappa shape index (κ1) is 12.0. The molecule has 4 nitrogen and oxygen atoms in total. The summed E-state index contributed by atoms with van der Waals surface area (Å²) in [5, 5.41) is 3.08. The zero-order valence-corrected chi connectivity index (χ0v) is 10.0. The van der Waals surface area contributed by atoms with E-state index in [-0.39, 0.29) is 10.9 Å². The van der Waals surface area contributed by atoms with Crippen molar-refractivity contribution in [1.29, 1.82) is 0 Å². The summed E-state index contributed by atoms with van der Waals surface area (Å²) < 4.78 is 22.9. The largest absolute Gasteiger partial charge is 0.367 e. The number of hydrogen-bond donors (Lipinski definition) is 1. The highest BCUT2D eigenvalue weighted by atomic mass is 32.2. The Morgan fingerprint density at radius 2 is 2.20 bits per heavy atom. The van der Waals surface area contributed by atoms with Crippen LogP contribution in [0.1, 0.15) is 20.3 Å². The van der Waals surface area contributed by atoms with E-state index in [1.54, 1.807) is 18.3 Å². The molecular weight excluding hydrogens is 212 g/mol. The molecule has 1 N–H and O–H groups in total. The molecule has 15 heavy (non-hydrogen) atoms. The lowest BCUT2D eigenvalue weighted by Gasteiger charge is -2.14. The molecule has 1 atom stereocenters. The van der Waals surface area contributed by atoms with E-state index in [0.29, 0.717) is 5.82 Å². The zero-order chi connectivity index (χ0) is 11.5. The van der Waals surface area contributed by atoms with Crippen LogP contribution < -0.4 is 5.32 Å². The summed E-state index contributed by atoms with van der Waals surface area (Å²) in [4.78, 5) is 4.30. The first-order valence-corrected chi connectivity index (χ1v) is 6.76. The third-order valence-corrected chi connectivity index (χ3v) is 3.29. The smallest absolute Gasteiger partial charge is 0.179 e. The average molecular weight is 228 g/mol. The fraction of sp³-hybridized carbons (Fsp3) is 0.500. The average Bonchev–Trinajstić information content (AvgIpc) is 2.17. The molecule has 1 aromatic heterocycles. The Morgan fingerprint density at radius 3 is 2.73 bits per heavy atom. The van der Waals surface area contributed by atoms with Crippen LogP contribution in [0.5, 0.6) is 0 Å². The molecule has 0 bridgehead atoms. The number of sulfone groups is 1. The van der Waals surface area contributed by atoms with E-state index < -0.39 is 9.84 Å². The highest BCUT2D eigenvalue weighted by Gasteiger charge is 2.14. The van der Waals surface area contributed by atoms with Crippen LogP contribution >= 0.6 is 0 Å². The molecule has 0 saturated heterocycles. The summed E-state index contributed by atoms with van der Waals surface area (Å²) >= 11 is 0.